The first-order valence-corrected chi connectivity index (χ1v) is 11.7. The zero-order valence-electron chi connectivity index (χ0n) is 19.4. The zero-order valence-corrected chi connectivity index (χ0v) is 20.2. The molecule has 33 heavy (non-hydrogen) atoms. The molecule has 0 saturated carbocycles. The van der Waals surface area contributed by atoms with E-state index in [1.165, 1.54) is 11.3 Å². The number of nitrogen functional groups attached to an aromatic ring is 1. The Morgan fingerprint density at radius 2 is 1.91 bits per heavy atom. The number of fused-ring (bicyclic) bond motifs is 1. The van der Waals surface area contributed by atoms with Crippen molar-refractivity contribution in [2.75, 3.05) is 45.6 Å². The average molecular weight is 471 g/mol. The molecule has 0 unspecified atom stereocenters. The van der Waals surface area contributed by atoms with Gasteiger partial charge in [-0.05, 0) is 50.3 Å². The van der Waals surface area contributed by atoms with Crippen LogP contribution in [0.4, 0.5) is 5.95 Å². The van der Waals surface area contributed by atoms with E-state index >= 15 is 0 Å². The third kappa shape index (κ3) is 5.96. The van der Waals surface area contributed by atoms with Gasteiger partial charge < -0.3 is 25.5 Å². The van der Waals surface area contributed by atoms with Gasteiger partial charge in [0.15, 0.2) is 0 Å². The molecule has 0 bridgehead atoms. The largest absolute Gasteiger partial charge is 0.497 e. The van der Waals surface area contributed by atoms with E-state index in [0.29, 0.717) is 39.7 Å². The molecule has 0 fully saturated rings. The van der Waals surface area contributed by atoms with Crippen molar-refractivity contribution >= 4 is 39.1 Å². The highest BCUT2D eigenvalue weighted by molar-refractivity contribution is 7.20. The number of carbonyl (C=O) groups is 1. The quantitative estimate of drug-likeness (QED) is 0.251. The van der Waals surface area contributed by atoms with Gasteiger partial charge in [0.2, 0.25) is 5.95 Å². The van der Waals surface area contributed by atoms with E-state index in [2.05, 4.69) is 39.2 Å². The lowest BCUT2D eigenvalue weighted by molar-refractivity contribution is 0.0960. The van der Waals surface area contributed by atoms with Crippen LogP contribution in [0.3, 0.4) is 0 Å². The van der Waals surface area contributed by atoms with Crippen LogP contribution in [0.25, 0.3) is 10.2 Å². The van der Waals surface area contributed by atoms with Gasteiger partial charge in [-0.25, -0.2) is 9.97 Å². The third-order valence-corrected chi connectivity index (χ3v) is 6.14. The van der Waals surface area contributed by atoms with Crippen LogP contribution in [0.2, 0.25) is 0 Å². The number of rotatable bonds is 11. The van der Waals surface area contributed by atoms with Crippen LogP contribution >= 0.6 is 11.3 Å². The van der Waals surface area contributed by atoms with Crippen molar-refractivity contribution in [3.63, 3.8) is 0 Å². The number of hydrogen-bond donors (Lipinski definition) is 2. The Balaban J connectivity index is 2.04. The van der Waals surface area contributed by atoms with Crippen LogP contribution in [-0.2, 0) is 4.84 Å². The van der Waals surface area contributed by atoms with Gasteiger partial charge in [0.1, 0.15) is 28.6 Å². The fourth-order valence-electron chi connectivity index (χ4n) is 3.28. The number of aromatic nitrogens is 2. The molecule has 3 N–H and O–H groups in total. The first-order valence-electron chi connectivity index (χ1n) is 10.9. The van der Waals surface area contributed by atoms with Crippen molar-refractivity contribution in [1.29, 1.82) is 0 Å². The van der Waals surface area contributed by atoms with Gasteiger partial charge in [0.05, 0.1) is 12.0 Å². The van der Waals surface area contributed by atoms with Crippen molar-refractivity contribution in [3.05, 3.63) is 46.5 Å². The molecule has 2 heterocycles. The number of anilines is 1. The minimum absolute atomic E-state index is 0.103. The minimum Gasteiger partial charge on any atom is -0.497 e. The fraction of sp³-hybridized carbons (Fsp3) is 0.391. The monoisotopic (exact) mass is 470 g/mol. The average Bonchev–Trinajstić information content (AvgIpc) is 3.26. The molecule has 0 aliphatic heterocycles. The molecule has 176 valence electrons. The highest BCUT2D eigenvalue weighted by Crippen LogP contribution is 2.29. The molecule has 1 amide bonds. The van der Waals surface area contributed by atoms with Crippen LogP contribution in [0.15, 0.2) is 35.5 Å². The number of likely N-dealkylation sites (N-methyl/N-ethyl adjacent to an activating group) is 1. The van der Waals surface area contributed by atoms with Crippen LogP contribution in [0.1, 0.15) is 41.7 Å². The number of hydrogen-bond acceptors (Lipinski definition) is 9. The Hall–Kier alpha value is -3.24. The van der Waals surface area contributed by atoms with Crippen LogP contribution in [0.5, 0.6) is 5.75 Å². The summed E-state index contributed by atoms with van der Waals surface area (Å²) in [6.07, 6.45) is 0. The molecule has 9 nitrogen and oxygen atoms in total. The lowest BCUT2D eigenvalue weighted by atomic mass is 10.0. The molecule has 3 rings (SSSR count). The smallest absolute Gasteiger partial charge is 0.261 e. The normalized spacial score (nSPS) is 11.7. The van der Waals surface area contributed by atoms with Crippen molar-refractivity contribution in [2.24, 2.45) is 5.16 Å². The summed E-state index contributed by atoms with van der Waals surface area (Å²) in [5.74, 6) is 0.663. The summed E-state index contributed by atoms with van der Waals surface area (Å²) in [6, 6.07) is 9.22. The van der Waals surface area contributed by atoms with Crippen molar-refractivity contribution in [3.8, 4) is 5.75 Å². The number of oxime groups is 1. The number of amides is 1. The second-order valence-electron chi connectivity index (χ2n) is 7.15. The van der Waals surface area contributed by atoms with Gasteiger partial charge in [0, 0.05) is 24.0 Å². The van der Waals surface area contributed by atoms with Gasteiger partial charge in [-0.15, -0.1) is 11.3 Å². The number of carbonyl (C=O) groups excluding carboxylic acids is 1. The number of nitrogens with two attached hydrogens (primary N) is 1. The summed E-state index contributed by atoms with van der Waals surface area (Å²) in [5.41, 5.74) is 7.83. The maximum atomic E-state index is 12.4. The molecular formula is C23H30N6O3S. The van der Waals surface area contributed by atoms with E-state index in [4.69, 9.17) is 15.3 Å². The molecule has 1 aromatic carbocycles. The van der Waals surface area contributed by atoms with Gasteiger partial charge in [-0.2, -0.15) is 0 Å². The van der Waals surface area contributed by atoms with Crippen molar-refractivity contribution in [1.82, 2.24) is 20.2 Å². The SMILES string of the molecule is CCNC(=O)c1cc2c(/C(=N/OCCN(CC)CC)c3ccc(OC)cc3)nc(N)nc2s1. The first kappa shape index (κ1) is 24.4. The van der Waals surface area contributed by atoms with E-state index in [0.717, 1.165) is 30.9 Å². The van der Waals surface area contributed by atoms with E-state index in [-0.39, 0.29) is 11.9 Å². The summed E-state index contributed by atoms with van der Waals surface area (Å²) in [5, 5.41) is 7.95. The fourth-order valence-corrected chi connectivity index (χ4v) is 4.23. The summed E-state index contributed by atoms with van der Waals surface area (Å²) in [4.78, 5) is 30.3. The van der Waals surface area contributed by atoms with Crippen LogP contribution in [-0.4, -0.2) is 66.4 Å². The topological polar surface area (TPSA) is 115 Å². The summed E-state index contributed by atoms with van der Waals surface area (Å²) in [6.45, 7) is 9.69. The number of nitrogens with zero attached hydrogens (tertiary/aromatic N) is 4. The molecule has 2 aromatic heterocycles. The molecule has 0 aliphatic rings. The molecule has 0 radical (unpaired) electrons. The minimum atomic E-state index is -0.163. The molecule has 0 aliphatic carbocycles. The molecule has 0 spiro atoms. The first-order chi connectivity index (χ1) is 16.0. The second-order valence-corrected chi connectivity index (χ2v) is 8.18. The molecule has 3 aromatic rings. The molecule has 10 heteroatoms. The Morgan fingerprint density at radius 1 is 1.18 bits per heavy atom. The molecule has 0 saturated heterocycles. The van der Waals surface area contributed by atoms with Crippen molar-refractivity contribution in [2.45, 2.75) is 20.8 Å². The summed E-state index contributed by atoms with van der Waals surface area (Å²) < 4.78 is 5.28. The number of nitrogens with one attached hydrogen (secondary N) is 1. The van der Waals surface area contributed by atoms with E-state index < -0.39 is 0 Å². The Labute approximate surface area is 197 Å². The Morgan fingerprint density at radius 3 is 2.55 bits per heavy atom. The second kappa shape index (κ2) is 11.6. The van der Waals surface area contributed by atoms with Crippen LogP contribution < -0.4 is 15.8 Å². The van der Waals surface area contributed by atoms with E-state index in [9.17, 15) is 4.79 Å². The Bertz CT molecular complexity index is 1110. The van der Waals surface area contributed by atoms with Gasteiger partial charge in [-0.1, -0.05) is 19.0 Å². The highest BCUT2D eigenvalue weighted by Gasteiger charge is 2.20. The standard InChI is InChI=1S/C23H30N6O3S/c1-5-25-21(30)18-14-17-20(26-23(24)27-22(17)33-18)19(15-8-10-16(31-4)11-9-15)28-32-13-12-29(6-2)7-3/h8-11,14H,5-7,12-13H2,1-4H3,(H,25,30)(H2,24,26,27)/b28-19+. The third-order valence-electron chi connectivity index (χ3n) is 5.11. The number of benzene rings is 1. The van der Waals surface area contributed by atoms with E-state index in [1.807, 2.05) is 31.2 Å². The number of methoxy groups -OCH3 is 1. The summed E-state index contributed by atoms with van der Waals surface area (Å²) >= 11 is 1.26. The lowest BCUT2D eigenvalue weighted by Crippen LogP contribution is -2.26. The molecule has 0 atom stereocenters. The zero-order chi connectivity index (χ0) is 23.8. The molecular weight excluding hydrogens is 440 g/mol. The van der Waals surface area contributed by atoms with Crippen LogP contribution in [0, 0.1) is 0 Å². The number of thiophene rings is 1. The van der Waals surface area contributed by atoms with Gasteiger partial charge >= 0.3 is 0 Å². The number of ether oxygens (including phenoxy) is 1. The van der Waals surface area contributed by atoms with Gasteiger partial charge in [-0.3, -0.25) is 4.79 Å². The maximum Gasteiger partial charge on any atom is 0.261 e. The van der Waals surface area contributed by atoms with Crippen molar-refractivity contribution < 1.29 is 14.4 Å². The maximum absolute atomic E-state index is 12.4. The Kier molecular flexibility index (Phi) is 8.56. The predicted molar refractivity (Wildman–Crippen MR) is 132 cm³/mol. The van der Waals surface area contributed by atoms with Gasteiger partial charge in [0.25, 0.3) is 5.91 Å². The highest BCUT2D eigenvalue weighted by atomic mass is 32.1. The van der Waals surface area contributed by atoms with E-state index in [1.54, 1.807) is 13.2 Å². The lowest BCUT2D eigenvalue weighted by Gasteiger charge is -2.16. The summed E-state index contributed by atoms with van der Waals surface area (Å²) in [7, 11) is 1.61. The predicted octanol–water partition coefficient (Wildman–Crippen LogP) is 3.14.